The van der Waals surface area contributed by atoms with Crippen LogP contribution in [0.5, 0.6) is 0 Å². The number of carbonyl (C=O) groups is 1. The first-order valence-electron chi connectivity index (χ1n) is 9.05. The maximum atomic E-state index is 12.4. The largest absolute Gasteiger partial charge is 0.471 e. The van der Waals surface area contributed by atoms with Crippen molar-refractivity contribution in [3.05, 3.63) is 29.8 Å². The number of nitrogens with zero attached hydrogens (tertiary/aromatic N) is 2. The number of aliphatic hydroxyl groups excluding tert-OH is 2. The van der Waals surface area contributed by atoms with Crippen molar-refractivity contribution in [1.82, 2.24) is 10.2 Å². The summed E-state index contributed by atoms with van der Waals surface area (Å²) in [7, 11) is 0. The topological polar surface area (TPSA) is 76.0 Å². The number of β-amino-alcohol motifs (C(OH)–C–C–N with tert-alkyl or cyclic N) is 1. The normalized spacial score (nSPS) is 26.6. The summed E-state index contributed by atoms with van der Waals surface area (Å²) < 4.78 is 37.3. The zero-order chi connectivity index (χ0) is 19.6. The predicted octanol–water partition coefficient (Wildman–Crippen LogP) is 0.871. The van der Waals surface area contributed by atoms with Gasteiger partial charge in [-0.15, -0.1) is 0 Å². The number of hydrogen-bond donors (Lipinski definition) is 3. The Kier molecular flexibility index (Phi) is 5.92. The fourth-order valence-electron chi connectivity index (χ4n) is 3.82. The fraction of sp³-hybridized carbons (Fsp3) is 0.611. The van der Waals surface area contributed by atoms with E-state index in [4.69, 9.17) is 0 Å². The van der Waals surface area contributed by atoms with Crippen molar-refractivity contribution in [2.24, 2.45) is 0 Å². The molecule has 2 aliphatic rings. The summed E-state index contributed by atoms with van der Waals surface area (Å²) in [5.74, 6) is -2.05. The molecule has 9 heteroatoms. The van der Waals surface area contributed by atoms with Crippen LogP contribution in [0.1, 0.15) is 18.4 Å². The predicted molar refractivity (Wildman–Crippen MR) is 93.2 cm³/mol. The molecule has 0 aromatic heterocycles. The van der Waals surface area contributed by atoms with Gasteiger partial charge in [0.05, 0.1) is 18.2 Å². The highest BCUT2D eigenvalue weighted by Gasteiger charge is 2.43. The Morgan fingerprint density at radius 2 is 1.85 bits per heavy atom. The Morgan fingerprint density at radius 1 is 1.19 bits per heavy atom. The number of halogens is 3. The first kappa shape index (κ1) is 19.9. The van der Waals surface area contributed by atoms with Gasteiger partial charge in [-0.2, -0.15) is 13.2 Å². The molecule has 1 aromatic rings. The molecule has 3 atom stereocenters. The van der Waals surface area contributed by atoms with E-state index in [0.717, 1.165) is 37.2 Å². The van der Waals surface area contributed by atoms with Crippen LogP contribution in [0.25, 0.3) is 0 Å². The van der Waals surface area contributed by atoms with Gasteiger partial charge in [0.1, 0.15) is 0 Å². The van der Waals surface area contributed by atoms with Crippen LogP contribution in [0.4, 0.5) is 18.9 Å². The summed E-state index contributed by atoms with van der Waals surface area (Å²) >= 11 is 0. The Hall–Kier alpha value is -1.84. The van der Waals surface area contributed by atoms with Gasteiger partial charge in [-0.3, -0.25) is 9.69 Å². The third kappa shape index (κ3) is 4.53. The Morgan fingerprint density at radius 3 is 2.52 bits per heavy atom. The number of amides is 1. The van der Waals surface area contributed by atoms with Crippen molar-refractivity contribution in [2.45, 2.75) is 43.8 Å². The smallest absolute Gasteiger partial charge is 0.389 e. The van der Waals surface area contributed by atoms with Crippen molar-refractivity contribution < 1.29 is 28.2 Å². The van der Waals surface area contributed by atoms with Crippen LogP contribution in [0.15, 0.2) is 24.3 Å². The lowest BCUT2D eigenvalue weighted by molar-refractivity contribution is -0.173. The van der Waals surface area contributed by atoms with Crippen molar-refractivity contribution >= 4 is 11.6 Å². The van der Waals surface area contributed by atoms with Crippen LogP contribution in [0, 0.1) is 0 Å². The fourth-order valence-corrected chi connectivity index (χ4v) is 3.82. The lowest BCUT2D eigenvalue weighted by atomic mass is 10.1. The first-order chi connectivity index (χ1) is 12.8. The van der Waals surface area contributed by atoms with Gasteiger partial charge in [0.15, 0.2) is 0 Å². The van der Waals surface area contributed by atoms with Gasteiger partial charge in [0, 0.05) is 38.4 Å². The minimum absolute atomic E-state index is 0.127. The number of hydrogen-bond acceptors (Lipinski definition) is 5. The van der Waals surface area contributed by atoms with Gasteiger partial charge in [-0.25, -0.2) is 0 Å². The van der Waals surface area contributed by atoms with Crippen LogP contribution >= 0.6 is 0 Å². The molecule has 150 valence electrons. The van der Waals surface area contributed by atoms with Crippen LogP contribution in [-0.4, -0.2) is 71.6 Å². The minimum Gasteiger partial charge on any atom is -0.389 e. The van der Waals surface area contributed by atoms with E-state index in [0.29, 0.717) is 6.54 Å². The Bertz CT molecular complexity index is 665. The van der Waals surface area contributed by atoms with E-state index in [-0.39, 0.29) is 13.1 Å². The van der Waals surface area contributed by atoms with Crippen molar-refractivity contribution in [2.75, 3.05) is 31.1 Å². The number of alkyl halides is 3. The minimum atomic E-state index is -4.98. The summed E-state index contributed by atoms with van der Waals surface area (Å²) in [4.78, 5) is 15.1. The SMILES string of the molecule is O=C(NC[C@@H]1[C@@H](O)[C@@H](O)CN1Cc1ccccc1N1CCCC1)C(F)(F)F. The van der Waals surface area contributed by atoms with Gasteiger partial charge in [-0.05, 0) is 24.5 Å². The van der Waals surface area contributed by atoms with Gasteiger partial charge in [0.25, 0.3) is 0 Å². The average Bonchev–Trinajstić information content (AvgIpc) is 3.23. The van der Waals surface area contributed by atoms with E-state index in [2.05, 4.69) is 4.90 Å². The van der Waals surface area contributed by atoms with Crippen LogP contribution in [-0.2, 0) is 11.3 Å². The number of aliphatic hydroxyl groups is 2. The number of benzene rings is 1. The monoisotopic (exact) mass is 387 g/mol. The Labute approximate surface area is 155 Å². The van der Waals surface area contributed by atoms with Crippen LogP contribution < -0.4 is 10.2 Å². The lowest BCUT2D eigenvalue weighted by Crippen LogP contribution is -2.48. The molecule has 0 bridgehead atoms. The summed E-state index contributed by atoms with van der Waals surface area (Å²) in [6.07, 6.45) is -5.05. The number of nitrogens with one attached hydrogen (secondary N) is 1. The van der Waals surface area contributed by atoms with E-state index in [1.165, 1.54) is 0 Å². The molecular weight excluding hydrogens is 363 g/mol. The number of rotatable bonds is 5. The molecule has 0 saturated carbocycles. The second kappa shape index (κ2) is 8.04. The number of para-hydroxylation sites is 1. The average molecular weight is 387 g/mol. The molecule has 27 heavy (non-hydrogen) atoms. The second-order valence-electron chi connectivity index (χ2n) is 7.09. The quantitative estimate of drug-likeness (QED) is 0.699. The van der Waals surface area contributed by atoms with Gasteiger partial charge >= 0.3 is 12.1 Å². The molecule has 6 nitrogen and oxygen atoms in total. The van der Waals surface area contributed by atoms with E-state index in [1.807, 2.05) is 29.6 Å². The molecule has 0 spiro atoms. The molecule has 3 rings (SSSR count). The highest BCUT2D eigenvalue weighted by Crippen LogP contribution is 2.28. The summed E-state index contributed by atoms with van der Waals surface area (Å²) in [6.45, 7) is 2.01. The lowest BCUT2D eigenvalue weighted by Gasteiger charge is -2.28. The Balaban J connectivity index is 1.72. The molecule has 1 amide bonds. The molecule has 2 heterocycles. The third-order valence-electron chi connectivity index (χ3n) is 5.22. The maximum absolute atomic E-state index is 12.4. The van der Waals surface area contributed by atoms with Crippen molar-refractivity contribution in [3.8, 4) is 0 Å². The number of carbonyl (C=O) groups excluding carboxylic acids is 1. The molecule has 2 aliphatic heterocycles. The molecule has 2 saturated heterocycles. The molecular formula is C18H24F3N3O3. The van der Waals surface area contributed by atoms with E-state index >= 15 is 0 Å². The van der Waals surface area contributed by atoms with Crippen LogP contribution in [0.3, 0.4) is 0 Å². The maximum Gasteiger partial charge on any atom is 0.471 e. The van der Waals surface area contributed by atoms with Crippen molar-refractivity contribution in [3.63, 3.8) is 0 Å². The molecule has 0 unspecified atom stereocenters. The van der Waals surface area contributed by atoms with E-state index in [1.54, 1.807) is 4.90 Å². The summed E-state index contributed by atoms with van der Waals surface area (Å²) in [6, 6.07) is 6.97. The molecule has 0 aliphatic carbocycles. The number of anilines is 1. The molecule has 0 radical (unpaired) electrons. The highest BCUT2D eigenvalue weighted by molar-refractivity contribution is 5.81. The number of likely N-dealkylation sites (tertiary alicyclic amines) is 1. The second-order valence-corrected chi connectivity index (χ2v) is 7.09. The van der Waals surface area contributed by atoms with Gasteiger partial charge in [-0.1, -0.05) is 18.2 Å². The van der Waals surface area contributed by atoms with Crippen molar-refractivity contribution in [1.29, 1.82) is 0 Å². The summed E-state index contributed by atoms with van der Waals surface area (Å²) in [5.41, 5.74) is 2.04. The van der Waals surface area contributed by atoms with Gasteiger partial charge < -0.3 is 20.4 Å². The third-order valence-corrected chi connectivity index (χ3v) is 5.22. The molecule has 1 aromatic carbocycles. The molecule has 3 N–H and O–H groups in total. The highest BCUT2D eigenvalue weighted by atomic mass is 19.4. The zero-order valence-corrected chi connectivity index (χ0v) is 14.8. The zero-order valence-electron chi connectivity index (χ0n) is 14.8. The molecule has 2 fully saturated rings. The van der Waals surface area contributed by atoms with Crippen LogP contribution in [0.2, 0.25) is 0 Å². The van der Waals surface area contributed by atoms with Gasteiger partial charge in [0.2, 0.25) is 0 Å². The summed E-state index contributed by atoms with van der Waals surface area (Å²) in [5, 5.41) is 22.0. The van der Waals surface area contributed by atoms with E-state index < -0.39 is 30.3 Å². The van der Waals surface area contributed by atoms with E-state index in [9.17, 15) is 28.2 Å². The standard InChI is InChI=1S/C18H24F3N3O3/c19-18(20,21)17(27)22-9-14-16(26)15(25)11-24(14)10-12-5-1-2-6-13(12)23-7-3-4-8-23/h1-2,5-6,14-16,25-26H,3-4,7-11H2,(H,22,27)/t14-,15+,16-/m1/s1. The first-order valence-corrected chi connectivity index (χ1v) is 9.05.